The van der Waals surface area contributed by atoms with Crippen LogP contribution >= 0.6 is 11.3 Å². The molecule has 2 aromatic heterocycles. The Kier molecular flexibility index (Phi) is 3.37. The van der Waals surface area contributed by atoms with E-state index in [-0.39, 0.29) is 5.91 Å². The van der Waals surface area contributed by atoms with Gasteiger partial charge in [0.15, 0.2) is 0 Å². The zero-order chi connectivity index (χ0) is 15.1. The van der Waals surface area contributed by atoms with E-state index in [9.17, 15) is 4.79 Å². The fourth-order valence-electron chi connectivity index (χ4n) is 3.67. The summed E-state index contributed by atoms with van der Waals surface area (Å²) < 4.78 is 1.67. The molecular weight excluding hydrogens is 294 g/mol. The van der Waals surface area contributed by atoms with Crippen LogP contribution in [0.1, 0.15) is 23.3 Å². The number of amides is 1. The smallest absolute Gasteiger partial charge is 0.269 e. The van der Waals surface area contributed by atoms with Crippen molar-refractivity contribution in [3.05, 3.63) is 41.4 Å². The summed E-state index contributed by atoms with van der Waals surface area (Å²) in [5.41, 5.74) is 1.49. The van der Waals surface area contributed by atoms with Crippen LogP contribution in [0.3, 0.4) is 0 Å². The predicted octanol–water partition coefficient (Wildman–Crippen LogP) is 3.09. The third-order valence-electron chi connectivity index (χ3n) is 4.83. The fourth-order valence-corrected chi connectivity index (χ4v) is 4.35. The highest BCUT2D eigenvalue weighted by Gasteiger charge is 2.35. The molecule has 1 amide bonds. The number of fused-ring (bicyclic) bond motifs is 2. The third-order valence-corrected chi connectivity index (χ3v) is 5.72. The van der Waals surface area contributed by atoms with E-state index in [0.29, 0.717) is 17.5 Å². The summed E-state index contributed by atoms with van der Waals surface area (Å²) in [4.78, 5) is 13.5. The van der Waals surface area contributed by atoms with Crippen molar-refractivity contribution in [3.8, 4) is 10.6 Å². The molecule has 1 N–H and O–H groups in total. The number of thiophene rings is 1. The second kappa shape index (κ2) is 5.39. The van der Waals surface area contributed by atoms with Crippen LogP contribution in [-0.4, -0.2) is 22.2 Å². The van der Waals surface area contributed by atoms with Gasteiger partial charge in [0.25, 0.3) is 5.91 Å². The topological polar surface area (TPSA) is 46.9 Å². The lowest BCUT2D eigenvalue weighted by molar-refractivity contribution is 0.0935. The summed E-state index contributed by atoms with van der Waals surface area (Å²) in [7, 11) is 1.83. The molecule has 3 atom stereocenters. The number of nitrogens with zero attached hydrogens (tertiary/aromatic N) is 2. The van der Waals surface area contributed by atoms with Crippen molar-refractivity contribution in [2.45, 2.75) is 12.8 Å². The molecule has 22 heavy (non-hydrogen) atoms. The summed E-state index contributed by atoms with van der Waals surface area (Å²) in [5.74, 6) is 1.99. The van der Waals surface area contributed by atoms with Crippen LogP contribution in [0.2, 0.25) is 0 Å². The summed E-state index contributed by atoms with van der Waals surface area (Å²) in [6.45, 7) is 0.768. The second-order valence-corrected chi connectivity index (χ2v) is 7.21. The number of hydrogen-bond donors (Lipinski definition) is 1. The molecule has 4 rings (SSSR count). The molecule has 114 valence electrons. The molecule has 5 heteroatoms. The van der Waals surface area contributed by atoms with Crippen LogP contribution in [0.5, 0.6) is 0 Å². The number of carbonyl (C=O) groups excluding carboxylic acids is 1. The minimum Gasteiger partial charge on any atom is -0.350 e. The average Bonchev–Trinajstić information content (AvgIpc) is 3.27. The van der Waals surface area contributed by atoms with Gasteiger partial charge >= 0.3 is 0 Å². The van der Waals surface area contributed by atoms with Crippen molar-refractivity contribution in [1.29, 1.82) is 0 Å². The van der Waals surface area contributed by atoms with Gasteiger partial charge in [0.05, 0.1) is 4.88 Å². The minimum absolute atomic E-state index is 0.0236. The predicted molar refractivity (Wildman–Crippen MR) is 87.7 cm³/mol. The highest BCUT2D eigenvalue weighted by molar-refractivity contribution is 7.13. The summed E-state index contributed by atoms with van der Waals surface area (Å²) in [6.07, 6.45) is 7.14. The van der Waals surface area contributed by atoms with Crippen molar-refractivity contribution in [2.24, 2.45) is 24.8 Å². The van der Waals surface area contributed by atoms with Crippen molar-refractivity contribution in [2.75, 3.05) is 6.54 Å². The normalized spacial score (nSPS) is 25.8. The SMILES string of the molecule is Cn1nc(-c2cccs2)cc1C(=O)NC[C@H]1C[C@H]2C=C[C@H]1C2. The van der Waals surface area contributed by atoms with Gasteiger partial charge in [0.2, 0.25) is 0 Å². The Morgan fingerprint density at radius 3 is 3.05 bits per heavy atom. The lowest BCUT2D eigenvalue weighted by atomic mass is 9.93. The van der Waals surface area contributed by atoms with E-state index >= 15 is 0 Å². The molecule has 1 fully saturated rings. The number of allylic oxidation sites excluding steroid dienone is 2. The van der Waals surface area contributed by atoms with E-state index in [0.717, 1.165) is 23.0 Å². The van der Waals surface area contributed by atoms with Gasteiger partial charge in [0.1, 0.15) is 11.4 Å². The largest absolute Gasteiger partial charge is 0.350 e. The zero-order valence-electron chi connectivity index (χ0n) is 12.5. The summed E-state index contributed by atoms with van der Waals surface area (Å²) in [5, 5.41) is 9.56. The number of carbonyl (C=O) groups is 1. The minimum atomic E-state index is -0.0236. The number of nitrogens with one attached hydrogen (secondary N) is 1. The molecule has 4 nitrogen and oxygen atoms in total. The molecule has 2 aromatic rings. The number of rotatable bonds is 4. The van der Waals surface area contributed by atoms with E-state index in [2.05, 4.69) is 22.6 Å². The lowest BCUT2D eigenvalue weighted by Gasteiger charge is -2.18. The van der Waals surface area contributed by atoms with E-state index in [1.54, 1.807) is 16.0 Å². The van der Waals surface area contributed by atoms with Crippen molar-refractivity contribution < 1.29 is 4.79 Å². The van der Waals surface area contributed by atoms with E-state index in [4.69, 9.17) is 0 Å². The molecule has 2 heterocycles. The molecular formula is C17H19N3OS. The Labute approximate surface area is 133 Å². The highest BCUT2D eigenvalue weighted by atomic mass is 32.1. The Morgan fingerprint density at radius 1 is 1.45 bits per heavy atom. The molecule has 0 unspecified atom stereocenters. The van der Waals surface area contributed by atoms with Gasteiger partial charge in [0, 0.05) is 13.6 Å². The Bertz CT molecular complexity index is 716. The van der Waals surface area contributed by atoms with Crippen molar-refractivity contribution in [3.63, 3.8) is 0 Å². The summed E-state index contributed by atoms with van der Waals surface area (Å²) in [6, 6.07) is 5.90. The Morgan fingerprint density at radius 2 is 2.36 bits per heavy atom. The monoisotopic (exact) mass is 313 g/mol. The quantitative estimate of drug-likeness (QED) is 0.882. The van der Waals surface area contributed by atoms with Gasteiger partial charge in [-0.25, -0.2) is 0 Å². The van der Waals surface area contributed by atoms with E-state index in [1.807, 2.05) is 30.6 Å². The molecule has 0 spiro atoms. The van der Waals surface area contributed by atoms with Crippen molar-refractivity contribution >= 4 is 17.2 Å². The first-order valence-electron chi connectivity index (χ1n) is 7.75. The molecule has 2 aliphatic carbocycles. The standard InChI is InChI=1S/C17H19N3OS/c1-20-15(9-14(19-20)16-3-2-6-22-16)17(21)18-10-13-8-11-4-5-12(13)7-11/h2-6,9,11-13H,7-8,10H2,1H3,(H,18,21)/t11-,12-,13+/m0/s1. The van der Waals surface area contributed by atoms with Gasteiger partial charge in [-0.05, 0) is 48.1 Å². The fraction of sp³-hybridized carbons (Fsp3) is 0.412. The molecule has 1 saturated carbocycles. The second-order valence-electron chi connectivity index (χ2n) is 6.27. The third kappa shape index (κ3) is 2.39. The Balaban J connectivity index is 1.43. The molecule has 0 saturated heterocycles. The van der Waals surface area contributed by atoms with Crippen LogP contribution < -0.4 is 5.32 Å². The first kappa shape index (κ1) is 13.8. The molecule has 2 aliphatic rings. The first-order valence-corrected chi connectivity index (χ1v) is 8.63. The van der Waals surface area contributed by atoms with Crippen LogP contribution in [0.15, 0.2) is 35.7 Å². The van der Waals surface area contributed by atoms with Crippen LogP contribution in [0, 0.1) is 17.8 Å². The number of aryl methyl sites for hydroxylation is 1. The van der Waals surface area contributed by atoms with E-state index in [1.165, 1.54) is 12.8 Å². The van der Waals surface area contributed by atoms with Gasteiger partial charge < -0.3 is 5.32 Å². The van der Waals surface area contributed by atoms with Gasteiger partial charge in [-0.3, -0.25) is 9.48 Å². The van der Waals surface area contributed by atoms with Crippen LogP contribution in [0.4, 0.5) is 0 Å². The first-order chi connectivity index (χ1) is 10.7. The van der Waals surface area contributed by atoms with Gasteiger partial charge in [-0.2, -0.15) is 5.10 Å². The maximum atomic E-state index is 12.4. The molecule has 0 aliphatic heterocycles. The van der Waals surface area contributed by atoms with Crippen LogP contribution in [0.25, 0.3) is 10.6 Å². The average molecular weight is 313 g/mol. The lowest BCUT2D eigenvalue weighted by Crippen LogP contribution is -2.32. The maximum Gasteiger partial charge on any atom is 0.269 e. The number of hydrogen-bond acceptors (Lipinski definition) is 3. The van der Waals surface area contributed by atoms with Crippen LogP contribution in [-0.2, 0) is 7.05 Å². The van der Waals surface area contributed by atoms with E-state index < -0.39 is 0 Å². The number of aromatic nitrogens is 2. The van der Waals surface area contributed by atoms with Gasteiger partial charge in [-0.15, -0.1) is 11.3 Å². The summed E-state index contributed by atoms with van der Waals surface area (Å²) >= 11 is 1.64. The van der Waals surface area contributed by atoms with Gasteiger partial charge in [-0.1, -0.05) is 18.2 Å². The Hall–Kier alpha value is -1.88. The molecule has 2 bridgehead atoms. The maximum absolute atomic E-state index is 12.4. The molecule has 0 radical (unpaired) electrons. The molecule has 0 aromatic carbocycles. The van der Waals surface area contributed by atoms with Crippen molar-refractivity contribution in [1.82, 2.24) is 15.1 Å². The highest BCUT2D eigenvalue weighted by Crippen LogP contribution is 2.42. The zero-order valence-corrected chi connectivity index (χ0v) is 13.3.